The largest absolute Gasteiger partial charge is 0.264 e. The van der Waals surface area contributed by atoms with Crippen molar-refractivity contribution in [3.63, 3.8) is 0 Å². The van der Waals surface area contributed by atoms with E-state index in [2.05, 4.69) is 157 Å². The van der Waals surface area contributed by atoms with Gasteiger partial charge in [-0.25, -0.2) is 9.97 Å². The molecule has 0 spiro atoms. The zero-order chi connectivity index (χ0) is 33.3. The first kappa shape index (κ1) is 29.4. The Bertz CT molecular complexity index is 2560. The topological polar surface area (TPSA) is 38.7 Å². The number of hydrogen-bond acceptors (Lipinski definition) is 3. The summed E-state index contributed by atoms with van der Waals surface area (Å²) in [7, 11) is 0. The Balaban J connectivity index is 1.32. The average Bonchev–Trinajstić information content (AvgIpc) is 3.20. The SMILES string of the molecule is c1ccc(-c2nc(-c3ccccc3)c(-c3cccc(-c4c5ccccc5c(-c5cccnc5)c5ccccc45)c3)nc2-c2ccccc2)cc1. The summed E-state index contributed by atoms with van der Waals surface area (Å²) in [5.74, 6) is 0. The van der Waals surface area contributed by atoms with Gasteiger partial charge in [0.25, 0.3) is 0 Å². The molecule has 0 saturated carbocycles. The van der Waals surface area contributed by atoms with Crippen molar-refractivity contribution in [1.29, 1.82) is 0 Å². The van der Waals surface area contributed by atoms with E-state index >= 15 is 0 Å². The van der Waals surface area contributed by atoms with Crippen molar-refractivity contribution in [2.24, 2.45) is 0 Å². The van der Waals surface area contributed by atoms with Gasteiger partial charge >= 0.3 is 0 Å². The minimum Gasteiger partial charge on any atom is -0.264 e. The van der Waals surface area contributed by atoms with E-state index in [0.29, 0.717) is 0 Å². The summed E-state index contributed by atoms with van der Waals surface area (Å²) in [4.78, 5) is 15.4. The Morgan fingerprint density at radius 1 is 0.280 bits per heavy atom. The first-order valence-corrected chi connectivity index (χ1v) is 16.9. The number of benzene rings is 7. The summed E-state index contributed by atoms with van der Waals surface area (Å²) in [6.45, 7) is 0. The predicted octanol–water partition coefficient (Wildman–Crippen LogP) is 12.2. The van der Waals surface area contributed by atoms with Crippen LogP contribution in [0.2, 0.25) is 0 Å². The van der Waals surface area contributed by atoms with Crippen molar-refractivity contribution in [1.82, 2.24) is 15.0 Å². The predicted molar refractivity (Wildman–Crippen MR) is 207 cm³/mol. The molecule has 0 N–H and O–H groups in total. The third-order valence-electron chi connectivity index (χ3n) is 9.34. The van der Waals surface area contributed by atoms with Crippen LogP contribution in [0.1, 0.15) is 0 Å². The minimum absolute atomic E-state index is 0.845. The second kappa shape index (κ2) is 12.7. The van der Waals surface area contributed by atoms with E-state index < -0.39 is 0 Å². The van der Waals surface area contributed by atoms with Crippen LogP contribution in [0.25, 0.3) is 88.8 Å². The summed E-state index contributed by atoms with van der Waals surface area (Å²) in [5.41, 5.74) is 12.1. The van der Waals surface area contributed by atoms with Gasteiger partial charge in [0, 0.05) is 40.2 Å². The first-order chi connectivity index (χ1) is 24.8. The van der Waals surface area contributed by atoms with E-state index in [4.69, 9.17) is 9.97 Å². The third kappa shape index (κ3) is 5.22. The van der Waals surface area contributed by atoms with Gasteiger partial charge in [-0.05, 0) is 50.4 Å². The van der Waals surface area contributed by atoms with E-state index in [0.717, 1.165) is 56.2 Å². The van der Waals surface area contributed by atoms with E-state index in [1.807, 2.05) is 36.7 Å². The number of aromatic nitrogens is 3. The van der Waals surface area contributed by atoms with Crippen LogP contribution in [0, 0.1) is 0 Å². The highest BCUT2D eigenvalue weighted by molar-refractivity contribution is 6.21. The highest BCUT2D eigenvalue weighted by atomic mass is 14.9. The number of rotatable bonds is 6. The number of hydrogen-bond donors (Lipinski definition) is 0. The lowest BCUT2D eigenvalue weighted by molar-refractivity contribution is 1.21. The summed E-state index contributed by atoms with van der Waals surface area (Å²) in [5, 5.41) is 4.79. The molecule has 0 aliphatic carbocycles. The monoisotopic (exact) mass is 637 g/mol. The van der Waals surface area contributed by atoms with Gasteiger partial charge in [-0.1, -0.05) is 164 Å². The second-order valence-electron chi connectivity index (χ2n) is 12.4. The fourth-order valence-corrected chi connectivity index (χ4v) is 7.11. The molecular weight excluding hydrogens is 607 g/mol. The van der Waals surface area contributed by atoms with Crippen molar-refractivity contribution in [3.05, 3.63) is 188 Å². The third-order valence-corrected chi connectivity index (χ3v) is 9.34. The molecule has 3 heteroatoms. The molecule has 0 radical (unpaired) electrons. The highest BCUT2D eigenvalue weighted by Crippen LogP contribution is 2.45. The molecule has 2 aromatic heterocycles. The Morgan fingerprint density at radius 3 is 1.08 bits per heavy atom. The molecular formula is C47H31N3. The molecule has 0 fully saturated rings. The van der Waals surface area contributed by atoms with Crippen molar-refractivity contribution >= 4 is 21.5 Å². The molecule has 2 heterocycles. The quantitative estimate of drug-likeness (QED) is 0.170. The molecule has 0 aliphatic rings. The maximum atomic E-state index is 5.51. The number of pyridine rings is 1. The summed E-state index contributed by atoms with van der Waals surface area (Å²) >= 11 is 0. The smallest absolute Gasteiger partial charge is 0.0973 e. The van der Waals surface area contributed by atoms with Crippen LogP contribution in [0.3, 0.4) is 0 Å². The van der Waals surface area contributed by atoms with Crippen molar-refractivity contribution in [3.8, 4) is 67.3 Å². The van der Waals surface area contributed by atoms with Gasteiger partial charge in [0.05, 0.1) is 22.8 Å². The van der Waals surface area contributed by atoms with Gasteiger partial charge in [0.15, 0.2) is 0 Å². The zero-order valence-corrected chi connectivity index (χ0v) is 27.2. The Morgan fingerprint density at radius 2 is 0.640 bits per heavy atom. The lowest BCUT2D eigenvalue weighted by Crippen LogP contribution is -2.01. The molecule has 7 aromatic carbocycles. The minimum atomic E-state index is 0.845. The van der Waals surface area contributed by atoms with Gasteiger partial charge < -0.3 is 0 Å². The zero-order valence-electron chi connectivity index (χ0n) is 27.2. The molecule has 0 bridgehead atoms. The molecule has 234 valence electrons. The average molecular weight is 638 g/mol. The van der Waals surface area contributed by atoms with E-state index in [1.54, 1.807) is 0 Å². The molecule has 0 aliphatic heterocycles. The van der Waals surface area contributed by atoms with Crippen LogP contribution in [-0.2, 0) is 0 Å². The molecule has 0 atom stereocenters. The Kier molecular flexibility index (Phi) is 7.49. The molecule has 0 unspecified atom stereocenters. The molecule has 50 heavy (non-hydrogen) atoms. The number of fused-ring (bicyclic) bond motifs is 2. The fourth-order valence-electron chi connectivity index (χ4n) is 7.11. The van der Waals surface area contributed by atoms with Gasteiger partial charge in [0.2, 0.25) is 0 Å². The van der Waals surface area contributed by atoms with E-state index in [9.17, 15) is 0 Å². The lowest BCUT2D eigenvalue weighted by Gasteiger charge is -2.19. The van der Waals surface area contributed by atoms with E-state index in [-0.39, 0.29) is 0 Å². The molecule has 9 aromatic rings. The van der Waals surface area contributed by atoms with Gasteiger partial charge in [-0.2, -0.15) is 0 Å². The van der Waals surface area contributed by atoms with Crippen molar-refractivity contribution in [2.75, 3.05) is 0 Å². The highest BCUT2D eigenvalue weighted by Gasteiger charge is 2.21. The molecule has 9 rings (SSSR count). The molecule has 3 nitrogen and oxygen atoms in total. The van der Waals surface area contributed by atoms with Gasteiger partial charge in [-0.3, -0.25) is 4.98 Å². The van der Waals surface area contributed by atoms with Crippen LogP contribution in [0.15, 0.2) is 188 Å². The Hall–Kier alpha value is -6.71. The van der Waals surface area contributed by atoms with Crippen LogP contribution in [0.5, 0.6) is 0 Å². The van der Waals surface area contributed by atoms with E-state index in [1.165, 1.54) is 32.7 Å². The second-order valence-corrected chi connectivity index (χ2v) is 12.4. The summed E-state index contributed by atoms with van der Waals surface area (Å²) in [6, 6.07) is 61.5. The molecule has 0 amide bonds. The first-order valence-electron chi connectivity index (χ1n) is 16.9. The Labute approximate surface area is 291 Å². The summed E-state index contributed by atoms with van der Waals surface area (Å²) in [6.07, 6.45) is 3.79. The number of nitrogens with zero attached hydrogens (tertiary/aromatic N) is 3. The van der Waals surface area contributed by atoms with Gasteiger partial charge in [0.1, 0.15) is 0 Å². The maximum absolute atomic E-state index is 5.51. The van der Waals surface area contributed by atoms with Crippen LogP contribution in [0.4, 0.5) is 0 Å². The van der Waals surface area contributed by atoms with Crippen LogP contribution in [-0.4, -0.2) is 15.0 Å². The van der Waals surface area contributed by atoms with Crippen molar-refractivity contribution < 1.29 is 0 Å². The van der Waals surface area contributed by atoms with Crippen LogP contribution < -0.4 is 0 Å². The van der Waals surface area contributed by atoms with Crippen molar-refractivity contribution in [2.45, 2.75) is 0 Å². The lowest BCUT2D eigenvalue weighted by atomic mass is 9.86. The summed E-state index contributed by atoms with van der Waals surface area (Å²) < 4.78 is 0. The maximum Gasteiger partial charge on any atom is 0.0973 e. The molecule has 0 saturated heterocycles. The standard InChI is InChI=1S/C47H31N3/c1-4-16-32(17-5-1)44-45(33-18-6-2-7-19-33)50-47(46(49-44)34-20-8-3-9-21-34)36-23-14-22-35(30-36)42-38-25-10-12-27-40(38)43(37-24-15-29-48-31-37)41-28-13-11-26-39(41)42/h1-31H. The fraction of sp³-hybridized carbons (Fsp3) is 0. The van der Waals surface area contributed by atoms with Crippen LogP contribution >= 0.6 is 0 Å². The normalized spacial score (nSPS) is 11.2. The van der Waals surface area contributed by atoms with Gasteiger partial charge in [-0.15, -0.1) is 0 Å².